The maximum atomic E-state index is 12.0. The predicted molar refractivity (Wildman–Crippen MR) is 69.6 cm³/mol. The van der Waals surface area contributed by atoms with Gasteiger partial charge in [-0.05, 0) is 57.3 Å². The molecule has 1 saturated carbocycles. The van der Waals surface area contributed by atoms with Crippen molar-refractivity contribution >= 4 is 5.91 Å². The first kappa shape index (κ1) is 12.9. The van der Waals surface area contributed by atoms with E-state index in [0.29, 0.717) is 11.9 Å². The summed E-state index contributed by atoms with van der Waals surface area (Å²) in [6, 6.07) is 0.420. The molecule has 98 valence electrons. The second-order valence-corrected chi connectivity index (χ2v) is 5.76. The van der Waals surface area contributed by atoms with E-state index in [9.17, 15) is 4.79 Å². The van der Waals surface area contributed by atoms with E-state index in [2.05, 4.69) is 4.90 Å². The lowest BCUT2D eigenvalue weighted by molar-refractivity contribution is -0.132. The molecule has 0 radical (unpaired) electrons. The van der Waals surface area contributed by atoms with Crippen molar-refractivity contribution in [1.29, 1.82) is 0 Å². The summed E-state index contributed by atoms with van der Waals surface area (Å²) < 4.78 is 0. The zero-order valence-corrected chi connectivity index (χ0v) is 10.9. The van der Waals surface area contributed by atoms with Gasteiger partial charge in [0.05, 0.1) is 0 Å². The standard InChI is InChI=1S/C14H26N2O/c15-13-7-4-12(5-8-13)6-9-14(17)16-10-2-1-3-11-16/h12-13H,1-11,15H2. The van der Waals surface area contributed by atoms with Crippen LogP contribution >= 0.6 is 0 Å². The molecule has 0 aromatic rings. The van der Waals surface area contributed by atoms with Crippen molar-refractivity contribution in [3.8, 4) is 0 Å². The van der Waals surface area contributed by atoms with Gasteiger partial charge in [0.15, 0.2) is 0 Å². The molecule has 3 heteroatoms. The van der Waals surface area contributed by atoms with E-state index in [1.165, 1.54) is 32.1 Å². The summed E-state index contributed by atoms with van der Waals surface area (Å²) in [4.78, 5) is 14.1. The molecule has 1 heterocycles. The van der Waals surface area contributed by atoms with Crippen molar-refractivity contribution in [2.75, 3.05) is 13.1 Å². The van der Waals surface area contributed by atoms with Gasteiger partial charge in [-0.3, -0.25) is 4.79 Å². The molecule has 2 aliphatic rings. The molecule has 0 atom stereocenters. The Morgan fingerprint density at radius 1 is 1.06 bits per heavy atom. The first-order chi connectivity index (χ1) is 8.25. The normalized spacial score (nSPS) is 30.3. The maximum absolute atomic E-state index is 12.0. The molecule has 1 saturated heterocycles. The maximum Gasteiger partial charge on any atom is 0.222 e. The quantitative estimate of drug-likeness (QED) is 0.820. The van der Waals surface area contributed by atoms with Gasteiger partial charge >= 0.3 is 0 Å². The van der Waals surface area contributed by atoms with E-state index in [1.807, 2.05) is 0 Å². The Labute approximate surface area is 105 Å². The summed E-state index contributed by atoms with van der Waals surface area (Å²) >= 11 is 0. The van der Waals surface area contributed by atoms with Crippen molar-refractivity contribution in [2.45, 2.75) is 63.8 Å². The summed E-state index contributed by atoms with van der Waals surface area (Å²) in [6.07, 6.45) is 10.3. The lowest BCUT2D eigenvalue weighted by Gasteiger charge is -2.29. The van der Waals surface area contributed by atoms with Crippen molar-refractivity contribution in [1.82, 2.24) is 4.90 Å². The number of rotatable bonds is 3. The molecule has 0 aromatic carbocycles. The minimum atomic E-state index is 0.388. The second kappa shape index (κ2) is 6.39. The Bertz CT molecular complexity index is 241. The number of hydrogen-bond acceptors (Lipinski definition) is 2. The molecule has 2 N–H and O–H groups in total. The van der Waals surface area contributed by atoms with Gasteiger partial charge in [0, 0.05) is 25.6 Å². The molecule has 17 heavy (non-hydrogen) atoms. The van der Waals surface area contributed by atoms with Crippen molar-refractivity contribution in [3.05, 3.63) is 0 Å². The third-order valence-electron chi connectivity index (χ3n) is 4.37. The Hall–Kier alpha value is -0.570. The van der Waals surface area contributed by atoms with Crippen LogP contribution in [0.15, 0.2) is 0 Å². The SMILES string of the molecule is NC1CCC(CCC(=O)N2CCCCC2)CC1. The van der Waals surface area contributed by atoms with Crippen molar-refractivity contribution in [2.24, 2.45) is 11.7 Å². The number of hydrogen-bond donors (Lipinski definition) is 1. The summed E-state index contributed by atoms with van der Waals surface area (Å²) in [5.41, 5.74) is 5.89. The predicted octanol–water partition coefficient (Wildman–Crippen LogP) is 2.30. The first-order valence-corrected chi connectivity index (χ1v) is 7.29. The molecular formula is C14H26N2O. The Morgan fingerprint density at radius 2 is 1.71 bits per heavy atom. The topological polar surface area (TPSA) is 46.3 Å². The molecule has 1 amide bonds. The van der Waals surface area contributed by atoms with Gasteiger partial charge in [0.1, 0.15) is 0 Å². The molecule has 1 aliphatic heterocycles. The highest BCUT2D eigenvalue weighted by atomic mass is 16.2. The molecule has 3 nitrogen and oxygen atoms in total. The fourth-order valence-corrected chi connectivity index (χ4v) is 3.11. The Balaban J connectivity index is 1.65. The number of piperidine rings is 1. The smallest absolute Gasteiger partial charge is 0.222 e. The molecule has 0 aromatic heterocycles. The van der Waals surface area contributed by atoms with Crippen molar-refractivity contribution < 1.29 is 4.79 Å². The van der Waals surface area contributed by atoms with Gasteiger partial charge < -0.3 is 10.6 Å². The fraction of sp³-hybridized carbons (Fsp3) is 0.929. The van der Waals surface area contributed by atoms with E-state index in [4.69, 9.17) is 5.73 Å². The molecule has 0 spiro atoms. The van der Waals surface area contributed by atoms with Gasteiger partial charge in [0.25, 0.3) is 0 Å². The number of likely N-dealkylation sites (tertiary alicyclic amines) is 1. The molecule has 1 aliphatic carbocycles. The first-order valence-electron chi connectivity index (χ1n) is 7.29. The van der Waals surface area contributed by atoms with Crippen LogP contribution in [0.2, 0.25) is 0 Å². The highest BCUT2D eigenvalue weighted by molar-refractivity contribution is 5.76. The lowest BCUT2D eigenvalue weighted by atomic mass is 9.83. The largest absolute Gasteiger partial charge is 0.343 e. The van der Waals surface area contributed by atoms with Crippen LogP contribution in [-0.4, -0.2) is 29.9 Å². The Kier molecular flexibility index (Phi) is 4.84. The minimum Gasteiger partial charge on any atom is -0.343 e. The van der Waals surface area contributed by atoms with Crippen LogP contribution in [0.3, 0.4) is 0 Å². The summed E-state index contributed by atoms with van der Waals surface area (Å²) in [5.74, 6) is 1.14. The second-order valence-electron chi connectivity index (χ2n) is 5.76. The van der Waals surface area contributed by atoms with Crippen LogP contribution in [0.25, 0.3) is 0 Å². The van der Waals surface area contributed by atoms with Gasteiger partial charge in [-0.25, -0.2) is 0 Å². The number of carbonyl (C=O) groups is 1. The molecule has 0 unspecified atom stereocenters. The summed E-state index contributed by atoms with van der Waals surface area (Å²) in [6.45, 7) is 1.99. The van der Waals surface area contributed by atoms with E-state index in [-0.39, 0.29) is 0 Å². The fourth-order valence-electron chi connectivity index (χ4n) is 3.11. The Morgan fingerprint density at radius 3 is 2.35 bits per heavy atom. The van der Waals surface area contributed by atoms with E-state index in [0.717, 1.165) is 44.7 Å². The summed E-state index contributed by atoms with van der Waals surface area (Å²) in [7, 11) is 0. The average molecular weight is 238 g/mol. The number of nitrogens with zero attached hydrogens (tertiary/aromatic N) is 1. The third-order valence-corrected chi connectivity index (χ3v) is 4.37. The van der Waals surface area contributed by atoms with E-state index < -0.39 is 0 Å². The lowest BCUT2D eigenvalue weighted by Crippen LogP contribution is -2.36. The highest BCUT2D eigenvalue weighted by Crippen LogP contribution is 2.27. The monoisotopic (exact) mass is 238 g/mol. The summed E-state index contributed by atoms with van der Waals surface area (Å²) in [5, 5.41) is 0. The van der Waals surface area contributed by atoms with Gasteiger partial charge in [-0.2, -0.15) is 0 Å². The van der Waals surface area contributed by atoms with Crippen LogP contribution in [0.1, 0.15) is 57.8 Å². The number of amides is 1. The zero-order valence-electron chi connectivity index (χ0n) is 10.9. The zero-order chi connectivity index (χ0) is 12.1. The van der Waals surface area contributed by atoms with Crippen LogP contribution in [-0.2, 0) is 4.79 Å². The average Bonchev–Trinajstić information content (AvgIpc) is 2.39. The van der Waals surface area contributed by atoms with Crippen LogP contribution in [0.4, 0.5) is 0 Å². The minimum absolute atomic E-state index is 0.388. The highest BCUT2D eigenvalue weighted by Gasteiger charge is 2.21. The van der Waals surface area contributed by atoms with Crippen LogP contribution in [0.5, 0.6) is 0 Å². The van der Waals surface area contributed by atoms with E-state index in [1.54, 1.807) is 0 Å². The van der Waals surface area contributed by atoms with Crippen LogP contribution in [0, 0.1) is 5.92 Å². The molecular weight excluding hydrogens is 212 g/mol. The molecule has 2 fully saturated rings. The van der Waals surface area contributed by atoms with Crippen LogP contribution < -0.4 is 5.73 Å². The molecule has 0 bridgehead atoms. The number of carbonyl (C=O) groups excluding carboxylic acids is 1. The van der Waals surface area contributed by atoms with Gasteiger partial charge in [-0.1, -0.05) is 0 Å². The van der Waals surface area contributed by atoms with Gasteiger partial charge in [0.2, 0.25) is 5.91 Å². The van der Waals surface area contributed by atoms with Crippen molar-refractivity contribution in [3.63, 3.8) is 0 Å². The molecule has 2 rings (SSSR count). The number of nitrogens with two attached hydrogens (primary N) is 1. The third kappa shape index (κ3) is 3.98. The van der Waals surface area contributed by atoms with E-state index >= 15 is 0 Å². The van der Waals surface area contributed by atoms with Gasteiger partial charge in [-0.15, -0.1) is 0 Å².